The minimum Gasteiger partial charge on any atom is -0.480 e. The van der Waals surface area contributed by atoms with Crippen LogP contribution in [0.1, 0.15) is 10.5 Å². The number of sulfone groups is 1. The van der Waals surface area contributed by atoms with Crippen molar-refractivity contribution in [1.82, 2.24) is 0 Å². The Morgan fingerprint density at radius 3 is 2.73 bits per heavy atom. The lowest BCUT2D eigenvalue weighted by atomic mass is 10.2. The maximum Gasteiger partial charge on any atom is 0.320 e. The average Bonchev–Trinajstić information content (AvgIpc) is 1.97. The van der Waals surface area contributed by atoms with Crippen LogP contribution in [0.25, 0.3) is 0 Å². The van der Waals surface area contributed by atoms with Gasteiger partial charge in [0, 0.05) is 10.3 Å². The molecule has 0 unspecified atom stereocenters. The summed E-state index contributed by atoms with van der Waals surface area (Å²) in [6, 6.07) is -1.35. The van der Waals surface area contributed by atoms with E-state index in [-0.39, 0.29) is 0 Å². The second-order valence-corrected chi connectivity index (χ2v) is 3.69. The van der Waals surface area contributed by atoms with E-state index in [4.69, 9.17) is 15.0 Å². The normalized spacial score (nSPS) is 19.5. The molecule has 0 amide bonds. The van der Waals surface area contributed by atoms with Crippen molar-refractivity contribution in [3.8, 4) is 0 Å². The van der Waals surface area contributed by atoms with Gasteiger partial charge in [0.15, 0.2) is 0 Å². The fourth-order valence-electron chi connectivity index (χ4n) is 0.406. The first kappa shape index (κ1) is 5.96. The highest BCUT2D eigenvalue weighted by atomic mass is 32.2. The van der Waals surface area contributed by atoms with Gasteiger partial charge in [-0.25, -0.2) is 8.42 Å². The average molecular weight is 184 g/mol. The van der Waals surface area contributed by atoms with Crippen LogP contribution < -0.4 is 5.73 Å². The van der Waals surface area contributed by atoms with E-state index < -0.39 is 40.2 Å². The van der Waals surface area contributed by atoms with Crippen molar-refractivity contribution in [1.29, 1.82) is 0 Å². The molecule has 0 radical (unpaired) electrons. The minimum absolute atomic E-state index is 0.407. The topological polar surface area (TPSA) is 97.5 Å². The van der Waals surface area contributed by atoms with Crippen molar-refractivity contribution in [3.05, 3.63) is 0 Å². The van der Waals surface area contributed by atoms with E-state index in [2.05, 4.69) is 0 Å². The molecule has 11 heavy (non-hydrogen) atoms. The van der Waals surface area contributed by atoms with E-state index in [1.54, 1.807) is 0 Å². The summed E-state index contributed by atoms with van der Waals surface area (Å²) >= 11 is 0. The van der Waals surface area contributed by atoms with Crippen LogP contribution in [0.3, 0.4) is 0 Å². The Morgan fingerprint density at radius 2 is 2.36 bits per heavy atom. The molecule has 0 saturated carbocycles. The third kappa shape index (κ3) is 5.81. The lowest BCUT2D eigenvalue weighted by Crippen LogP contribution is -2.32. The van der Waals surface area contributed by atoms with Crippen LogP contribution in [0.15, 0.2) is 0 Å². The second-order valence-electron chi connectivity index (χ2n) is 2.05. The van der Waals surface area contributed by atoms with Gasteiger partial charge in [-0.3, -0.25) is 4.79 Å². The Labute approximate surface area is 69.3 Å². The molecule has 0 spiro atoms. The van der Waals surface area contributed by atoms with E-state index in [0.717, 1.165) is 0 Å². The molecular weight excluding hydrogens is 170 g/mol. The van der Waals surface area contributed by atoms with Gasteiger partial charge in [-0.2, -0.15) is 0 Å². The minimum atomic E-state index is -4.27. The first-order valence-corrected chi connectivity index (χ1v) is 4.44. The summed E-state index contributed by atoms with van der Waals surface area (Å²) < 4.78 is 41.9. The zero-order valence-corrected chi connectivity index (χ0v) is 6.47. The fourth-order valence-corrected chi connectivity index (χ4v) is 0.970. The molecule has 0 aliphatic carbocycles. The molecule has 0 heterocycles. The highest BCUT2D eigenvalue weighted by Gasteiger charge is 2.13. The van der Waals surface area contributed by atoms with Crippen molar-refractivity contribution < 1.29 is 22.4 Å². The summed E-state index contributed by atoms with van der Waals surface area (Å²) in [6.45, 7) is 0. The molecule has 0 aromatic carbocycles. The van der Waals surface area contributed by atoms with Gasteiger partial charge in [-0.15, -0.1) is 0 Å². The zero-order valence-electron chi connectivity index (χ0n) is 8.65. The predicted octanol–water partition coefficient (Wildman–Crippen LogP) is -1.17. The summed E-state index contributed by atoms with van der Waals surface area (Å²) in [5, 5.41) is 8.32. The van der Waals surface area contributed by atoms with Crippen molar-refractivity contribution in [2.24, 2.45) is 5.73 Å². The molecule has 1 atom stereocenters. The van der Waals surface area contributed by atoms with Crippen LogP contribution in [0.4, 0.5) is 0 Å². The Morgan fingerprint density at radius 1 is 1.82 bits per heavy atom. The maximum absolute atomic E-state index is 11.0. The molecule has 0 aromatic heterocycles. The summed E-state index contributed by atoms with van der Waals surface area (Å²) in [4.78, 5) is 10.2. The summed E-state index contributed by atoms with van der Waals surface area (Å²) in [7, 11) is -4.27. The third-order valence-electron chi connectivity index (χ3n) is 1.01. The quantitative estimate of drug-likeness (QED) is 0.574. The Hall–Kier alpha value is -0.620. The lowest BCUT2D eigenvalue weighted by Gasteiger charge is -2.03. The van der Waals surface area contributed by atoms with E-state index in [1.165, 1.54) is 0 Å². The Kier molecular flexibility index (Phi) is 1.99. The SMILES string of the molecule is [2H]C([2H])([2H])S(=O)(=O)CC[C@H](N)C(=O)O. The molecule has 0 aliphatic heterocycles. The number of rotatable bonds is 4. The fraction of sp³-hybridized carbons (Fsp3) is 0.800. The number of hydrogen-bond acceptors (Lipinski definition) is 4. The molecule has 0 fully saturated rings. The highest BCUT2D eigenvalue weighted by Crippen LogP contribution is 1.93. The van der Waals surface area contributed by atoms with E-state index in [0.29, 0.717) is 0 Å². The third-order valence-corrected chi connectivity index (χ3v) is 1.79. The number of nitrogens with two attached hydrogens (primary N) is 1. The van der Waals surface area contributed by atoms with Crippen LogP contribution >= 0.6 is 0 Å². The van der Waals surface area contributed by atoms with E-state index >= 15 is 0 Å². The molecule has 3 N–H and O–H groups in total. The van der Waals surface area contributed by atoms with E-state index in [9.17, 15) is 13.2 Å². The predicted molar refractivity (Wildman–Crippen MR) is 39.9 cm³/mol. The van der Waals surface area contributed by atoms with Gasteiger partial charge in [-0.05, 0) is 6.42 Å². The molecule has 0 aromatic rings. The molecule has 0 saturated heterocycles. The molecule has 66 valence electrons. The number of carboxylic acids is 1. The van der Waals surface area contributed by atoms with Crippen molar-refractivity contribution in [2.75, 3.05) is 11.9 Å². The van der Waals surface area contributed by atoms with Crippen LogP contribution in [-0.2, 0) is 14.6 Å². The summed E-state index contributed by atoms with van der Waals surface area (Å²) in [5.41, 5.74) is 5.02. The van der Waals surface area contributed by atoms with Gasteiger partial charge < -0.3 is 10.8 Å². The van der Waals surface area contributed by atoms with Crippen molar-refractivity contribution >= 4 is 15.8 Å². The lowest BCUT2D eigenvalue weighted by molar-refractivity contribution is -0.138. The van der Waals surface area contributed by atoms with Crippen LogP contribution in [0.5, 0.6) is 0 Å². The molecular formula is C5H11NO4S. The van der Waals surface area contributed by atoms with Crippen LogP contribution in [-0.4, -0.2) is 37.5 Å². The highest BCUT2D eigenvalue weighted by molar-refractivity contribution is 7.90. The molecule has 6 heteroatoms. The molecule has 0 rings (SSSR count). The first-order valence-electron chi connectivity index (χ1n) is 4.28. The van der Waals surface area contributed by atoms with Crippen molar-refractivity contribution in [2.45, 2.75) is 12.5 Å². The van der Waals surface area contributed by atoms with Gasteiger partial charge in [-0.1, -0.05) is 0 Å². The van der Waals surface area contributed by atoms with E-state index in [1.807, 2.05) is 0 Å². The smallest absolute Gasteiger partial charge is 0.320 e. The number of carboxylic acid groups (broad SMARTS) is 1. The standard InChI is InChI=1S/C5H11NO4S/c1-11(9,10)3-2-4(6)5(7)8/h4H,2-3,6H2,1H3,(H,7,8)/t4-/m0/s1/i1D3. The maximum atomic E-state index is 11.0. The molecule has 0 bridgehead atoms. The monoisotopic (exact) mass is 184 g/mol. The van der Waals surface area contributed by atoms with Crippen LogP contribution in [0, 0.1) is 0 Å². The zero-order chi connectivity index (χ0) is 11.6. The molecule has 0 aliphatic rings. The summed E-state index contributed by atoms with van der Waals surface area (Å²) in [5.74, 6) is -2.11. The van der Waals surface area contributed by atoms with Gasteiger partial charge in [0.1, 0.15) is 15.9 Å². The number of aliphatic carboxylic acids is 1. The van der Waals surface area contributed by atoms with Crippen molar-refractivity contribution in [3.63, 3.8) is 0 Å². The van der Waals surface area contributed by atoms with Gasteiger partial charge in [0.25, 0.3) is 0 Å². The Balaban J connectivity index is 4.36. The summed E-state index contributed by atoms with van der Waals surface area (Å²) in [6.07, 6.45) is -3.51. The largest absolute Gasteiger partial charge is 0.480 e. The molecule has 5 nitrogen and oxygen atoms in total. The van der Waals surface area contributed by atoms with Crippen LogP contribution in [0.2, 0.25) is 0 Å². The number of hydrogen-bond donors (Lipinski definition) is 2. The van der Waals surface area contributed by atoms with Gasteiger partial charge in [0.05, 0.1) is 5.75 Å². The Bertz CT molecular complexity index is 309. The first-order chi connectivity index (χ1) is 6.08. The second kappa shape index (κ2) is 3.68. The van der Waals surface area contributed by atoms with Gasteiger partial charge in [0.2, 0.25) is 0 Å². The number of carbonyl (C=O) groups is 1. The van der Waals surface area contributed by atoms with Gasteiger partial charge >= 0.3 is 5.97 Å².